The summed E-state index contributed by atoms with van der Waals surface area (Å²) in [4.78, 5) is 6.56. The molecule has 0 bridgehead atoms. The van der Waals surface area contributed by atoms with Crippen LogP contribution in [0.4, 0.5) is 16.4 Å². The molecule has 0 unspecified atom stereocenters. The average molecular weight is 462 g/mol. The smallest absolute Gasteiger partial charge is 0.262 e. The first-order valence-corrected chi connectivity index (χ1v) is 11.6. The first kappa shape index (κ1) is 20.6. The molecule has 0 amide bonds. The highest BCUT2D eigenvalue weighted by Crippen LogP contribution is 2.43. The second kappa shape index (κ2) is 9.05. The van der Waals surface area contributed by atoms with Crippen molar-refractivity contribution in [1.29, 1.82) is 5.26 Å². The summed E-state index contributed by atoms with van der Waals surface area (Å²) in [5, 5.41) is 10.2. The van der Waals surface area contributed by atoms with Crippen LogP contribution in [-0.2, 0) is 0 Å². The van der Waals surface area contributed by atoms with Crippen LogP contribution in [0.5, 0.6) is 0 Å². The monoisotopic (exact) mass is 461 g/mol. The van der Waals surface area contributed by atoms with Gasteiger partial charge in [0.2, 0.25) is 0 Å². The Labute approximate surface area is 199 Å². The maximum absolute atomic E-state index is 9.12. The van der Waals surface area contributed by atoms with Crippen molar-refractivity contribution in [2.45, 2.75) is 0 Å². The number of nitrogens with zero attached hydrogens (tertiary/aromatic N) is 5. The quantitative estimate of drug-likeness (QED) is 0.199. The molecular formula is C26H15N5S2. The Hall–Kier alpha value is -4.30. The second-order valence-corrected chi connectivity index (χ2v) is 8.65. The summed E-state index contributed by atoms with van der Waals surface area (Å²) in [7, 11) is 0. The summed E-state index contributed by atoms with van der Waals surface area (Å²) >= 11 is 2.81. The number of benzene rings is 3. The van der Waals surface area contributed by atoms with E-state index in [0.29, 0.717) is 5.52 Å². The maximum atomic E-state index is 9.12. The van der Waals surface area contributed by atoms with Gasteiger partial charge in [-0.25, -0.2) is 10.1 Å². The molecule has 7 heteroatoms. The summed E-state index contributed by atoms with van der Waals surface area (Å²) in [5.74, 6) is 0. The molecule has 0 aliphatic heterocycles. The Morgan fingerprint density at radius 3 is 2.18 bits per heavy atom. The Kier molecular flexibility index (Phi) is 5.65. The number of nitriles is 1. The van der Waals surface area contributed by atoms with Crippen LogP contribution in [0.1, 0.15) is 5.56 Å². The molecule has 5 rings (SSSR count). The van der Waals surface area contributed by atoms with Gasteiger partial charge in [-0.1, -0.05) is 48.5 Å². The van der Waals surface area contributed by atoms with Crippen molar-refractivity contribution in [3.63, 3.8) is 0 Å². The molecule has 33 heavy (non-hydrogen) atoms. The van der Waals surface area contributed by atoms with E-state index < -0.39 is 0 Å². The van der Waals surface area contributed by atoms with Crippen molar-refractivity contribution >= 4 is 56.6 Å². The number of anilines is 3. The second-order valence-electron chi connectivity index (χ2n) is 7.06. The summed E-state index contributed by atoms with van der Waals surface area (Å²) in [6.07, 6.45) is 1.56. The van der Waals surface area contributed by atoms with Crippen LogP contribution in [0.2, 0.25) is 0 Å². The van der Waals surface area contributed by atoms with Gasteiger partial charge in [0.15, 0.2) is 0 Å². The third-order valence-electron chi connectivity index (χ3n) is 5.08. The SMILES string of the molecule is [C-]#[N+]/C(C#N)=C\c1ccc(-c2ccc(N(c3ccccc3)c3ccccc3)s2)c2nsnc12. The van der Waals surface area contributed by atoms with Crippen molar-refractivity contribution in [2.24, 2.45) is 0 Å². The van der Waals surface area contributed by atoms with Crippen LogP contribution in [0.15, 0.2) is 90.6 Å². The molecule has 3 aromatic carbocycles. The van der Waals surface area contributed by atoms with Gasteiger partial charge in [-0.05, 0) is 48.0 Å². The average Bonchev–Trinajstić information content (AvgIpc) is 3.55. The molecule has 0 spiro atoms. The van der Waals surface area contributed by atoms with E-state index in [1.54, 1.807) is 17.4 Å². The molecule has 0 atom stereocenters. The number of allylic oxidation sites excluding steroid dienone is 1. The zero-order chi connectivity index (χ0) is 22.6. The third kappa shape index (κ3) is 3.99. The van der Waals surface area contributed by atoms with E-state index in [2.05, 4.69) is 54.9 Å². The molecule has 156 valence electrons. The molecule has 0 fully saturated rings. The van der Waals surface area contributed by atoms with Crippen LogP contribution in [-0.4, -0.2) is 8.75 Å². The highest BCUT2D eigenvalue weighted by molar-refractivity contribution is 7.19. The molecule has 2 heterocycles. The van der Waals surface area contributed by atoms with Gasteiger partial charge in [0, 0.05) is 21.8 Å². The lowest BCUT2D eigenvalue weighted by Gasteiger charge is -2.23. The van der Waals surface area contributed by atoms with E-state index in [1.807, 2.05) is 54.6 Å². The number of rotatable bonds is 5. The molecule has 0 radical (unpaired) electrons. The Balaban J connectivity index is 1.60. The first-order valence-electron chi connectivity index (χ1n) is 10.0. The molecule has 5 aromatic rings. The van der Waals surface area contributed by atoms with Gasteiger partial charge in [-0.2, -0.15) is 8.75 Å². The first-order chi connectivity index (χ1) is 16.3. The number of thiophene rings is 1. The van der Waals surface area contributed by atoms with Crippen LogP contribution in [0.25, 0.3) is 32.4 Å². The van der Waals surface area contributed by atoms with E-state index >= 15 is 0 Å². The standard InChI is InChI=1S/C26H15N5S2/c1-28-19(17-27)16-18-12-13-22(26-25(18)29-33-30-26)23-14-15-24(32-23)31(20-8-4-2-5-9-20)21-10-6-3-7-11-21/h2-16H/b19-16-. The maximum Gasteiger partial charge on any atom is 0.262 e. The lowest BCUT2D eigenvalue weighted by atomic mass is 10.1. The summed E-state index contributed by atoms with van der Waals surface area (Å²) < 4.78 is 8.95. The van der Waals surface area contributed by atoms with E-state index in [-0.39, 0.29) is 5.70 Å². The van der Waals surface area contributed by atoms with E-state index in [9.17, 15) is 0 Å². The molecule has 0 N–H and O–H groups in total. The van der Waals surface area contributed by atoms with Crippen LogP contribution >= 0.6 is 23.1 Å². The van der Waals surface area contributed by atoms with E-state index in [4.69, 9.17) is 11.8 Å². The highest BCUT2D eigenvalue weighted by Gasteiger charge is 2.17. The normalized spacial score (nSPS) is 11.2. The number of aromatic nitrogens is 2. The predicted molar refractivity (Wildman–Crippen MR) is 136 cm³/mol. The summed E-state index contributed by atoms with van der Waals surface area (Å²) in [5.41, 5.74) is 5.37. The zero-order valence-corrected chi connectivity index (χ0v) is 18.8. The Morgan fingerprint density at radius 1 is 0.879 bits per heavy atom. The topological polar surface area (TPSA) is 57.2 Å². The molecule has 5 nitrogen and oxygen atoms in total. The molecule has 0 saturated heterocycles. The van der Waals surface area contributed by atoms with Crippen molar-refractivity contribution in [3.05, 3.63) is 108 Å². The van der Waals surface area contributed by atoms with Gasteiger partial charge in [-0.15, -0.1) is 11.3 Å². The molecule has 0 aliphatic rings. The number of fused-ring (bicyclic) bond motifs is 1. The van der Waals surface area contributed by atoms with Gasteiger partial charge in [0.05, 0.1) is 24.4 Å². The van der Waals surface area contributed by atoms with Crippen LogP contribution in [0, 0.1) is 17.9 Å². The Morgan fingerprint density at radius 2 is 1.55 bits per heavy atom. The number of para-hydroxylation sites is 2. The van der Waals surface area contributed by atoms with Gasteiger partial charge in [0.25, 0.3) is 5.70 Å². The lowest BCUT2D eigenvalue weighted by Crippen LogP contribution is -2.07. The number of hydrogen-bond acceptors (Lipinski definition) is 6. The fraction of sp³-hybridized carbons (Fsp3) is 0. The Bertz CT molecular complexity index is 1480. The van der Waals surface area contributed by atoms with Gasteiger partial charge < -0.3 is 4.90 Å². The number of hydrogen-bond donors (Lipinski definition) is 0. The van der Waals surface area contributed by atoms with E-state index in [1.165, 1.54) is 0 Å². The van der Waals surface area contributed by atoms with Crippen molar-refractivity contribution in [2.75, 3.05) is 4.90 Å². The summed E-state index contributed by atoms with van der Waals surface area (Å²) in [6.45, 7) is 7.14. The van der Waals surface area contributed by atoms with Gasteiger partial charge in [0.1, 0.15) is 16.0 Å². The fourth-order valence-corrected chi connectivity index (χ4v) is 5.24. The molecular weight excluding hydrogens is 446 g/mol. The zero-order valence-electron chi connectivity index (χ0n) is 17.2. The van der Waals surface area contributed by atoms with Crippen molar-refractivity contribution in [3.8, 4) is 16.5 Å². The summed E-state index contributed by atoms with van der Waals surface area (Å²) in [6, 6.07) is 30.6. The minimum absolute atomic E-state index is 0.0248. The van der Waals surface area contributed by atoms with Gasteiger partial charge >= 0.3 is 0 Å². The van der Waals surface area contributed by atoms with Gasteiger partial charge in [-0.3, -0.25) is 0 Å². The van der Waals surface area contributed by atoms with Crippen molar-refractivity contribution in [1.82, 2.24) is 8.75 Å². The van der Waals surface area contributed by atoms with Crippen LogP contribution in [0.3, 0.4) is 0 Å². The lowest BCUT2D eigenvalue weighted by molar-refractivity contribution is 1.32. The highest BCUT2D eigenvalue weighted by atomic mass is 32.1. The third-order valence-corrected chi connectivity index (χ3v) is 6.71. The van der Waals surface area contributed by atoms with Crippen LogP contribution < -0.4 is 4.90 Å². The van der Waals surface area contributed by atoms with E-state index in [0.717, 1.165) is 49.6 Å². The van der Waals surface area contributed by atoms with Crippen molar-refractivity contribution < 1.29 is 0 Å². The minimum atomic E-state index is 0.0248. The largest absolute Gasteiger partial charge is 0.302 e. The molecule has 0 aliphatic carbocycles. The molecule has 2 aromatic heterocycles. The predicted octanol–water partition coefficient (Wildman–Crippen LogP) is 7.67. The fourth-order valence-electron chi connectivity index (χ4n) is 3.59. The minimum Gasteiger partial charge on any atom is -0.302 e. The molecule has 0 saturated carbocycles.